The van der Waals surface area contributed by atoms with Crippen molar-refractivity contribution in [2.24, 2.45) is 0 Å². The number of hydrogen-bond acceptors (Lipinski definition) is 5. The van der Waals surface area contributed by atoms with Gasteiger partial charge in [-0.25, -0.2) is 4.98 Å². The lowest BCUT2D eigenvalue weighted by molar-refractivity contribution is 0.566. The molecule has 3 aromatic heterocycles. The lowest BCUT2D eigenvalue weighted by atomic mass is 10.1. The van der Waals surface area contributed by atoms with Gasteiger partial charge in [-0.1, -0.05) is 42.5 Å². The number of hydrogen-bond donors (Lipinski definition) is 1. The van der Waals surface area contributed by atoms with E-state index in [2.05, 4.69) is 52.1 Å². The van der Waals surface area contributed by atoms with Gasteiger partial charge in [-0.15, -0.1) is 22.7 Å². The first-order chi connectivity index (χ1) is 11.9. The molecule has 0 radical (unpaired) electrons. The van der Waals surface area contributed by atoms with Crippen molar-refractivity contribution in [2.45, 2.75) is 12.6 Å². The van der Waals surface area contributed by atoms with E-state index in [0.717, 1.165) is 10.6 Å². The van der Waals surface area contributed by atoms with E-state index in [9.17, 15) is 0 Å². The quantitative estimate of drug-likeness (QED) is 0.509. The number of aromatic nitrogens is 1. The Morgan fingerprint density at radius 3 is 2.54 bits per heavy atom. The summed E-state index contributed by atoms with van der Waals surface area (Å²) in [4.78, 5) is 6.93. The zero-order valence-corrected chi connectivity index (χ0v) is 14.5. The highest BCUT2D eigenvalue weighted by atomic mass is 32.1. The minimum absolute atomic E-state index is 0.160. The highest BCUT2D eigenvalue weighted by Crippen LogP contribution is 2.27. The molecule has 0 amide bonds. The van der Waals surface area contributed by atoms with Crippen molar-refractivity contribution < 1.29 is 4.42 Å². The molecule has 0 fully saturated rings. The number of nitrogens with one attached hydrogen (secondary N) is 1. The zero-order valence-electron chi connectivity index (χ0n) is 12.9. The summed E-state index contributed by atoms with van der Waals surface area (Å²) in [6.07, 6.45) is 1.73. The highest BCUT2D eigenvalue weighted by molar-refractivity contribution is 7.13. The van der Waals surface area contributed by atoms with Gasteiger partial charge in [0.25, 0.3) is 0 Å². The molecule has 0 saturated heterocycles. The van der Waals surface area contributed by atoms with Crippen LogP contribution in [0.2, 0.25) is 0 Å². The molecule has 0 spiro atoms. The summed E-state index contributed by atoms with van der Waals surface area (Å²) in [6.45, 7) is 0.659. The second-order valence-electron chi connectivity index (χ2n) is 5.36. The van der Waals surface area contributed by atoms with Gasteiger partial charge in [0.15, 0.2) is 0 Å². The summed E-state index contributed by atoms with van der Waals surface area (Å²) in [7, 11) is 0. The van der Waals surface area contributed by atoms with E-state index < -0.39 is 0 Å². The molecule has 0 bridgehead atoms. The molecule has 3 heterocycles. The van der Waals surface area contributed by atoms with Crippen molar-refractivity contribution in [3.05, 3.63) is 87.8 Å². The van der Waals surface area contributed by atoms with Crippen molar-refractivity contribution in [2.75, 3.05) is 0 Å². The molecule has 120 valence electrons. The third-order valence-electron chi connectivity index (χ3n) is 3.73. The highest BCUT2D eigenvalue weighted by Gasteiger charge is 2.15. The fourth-order valence-corrected chi connectivity index (χ4v) is 4.07. The lowest BCUT2D eigenvalue weighted by Gasteiger charge is -2.17. The van der Waals surface area contributed by atoms with Crippen LogP contribution in [-0.4, -0.2) is 4.98 Å². The van der Waals surface area contributed by atoms with Crippen LogP contribution in [-0.2, 0) is 6.54 Å². The Kier molecular flexibility index (Phi) is 4.55. The molecule has 1 atom stereocenters. The van der Waals surface area contributed by atoms with Gasteiger partial charge in [-0.2, -0.15) is 0 Å². The average molecular weight is 352 g/mol. The summed E-state index contributed by atoms with van der Waals surface area (Å²) >= 11 is 3.39. The Labute approximate surface area is 148 Å². The average Bonchev–Trinajstić information content (AvgIpc) is 3.38. The minimum Gasteiger partial charge on any atom is -0.444 e. The van der Waals surface area contributed by atoms with Crippen molar-refractivity contribution in [1.82, 2.24) is 10.3 Å². The van der Waals surface area contributed by atoms with Crippen LogP contribution >= 0.6 is 22.7 Å². The van der Waals surface area contributed by atoms with E-state index in [0.29, 0.717) is 12.4 Å². The number of thiophene rings is 2. The maximum atomic E-state index is 5.60. The van der Waals surface area contributed by atoms with Crippen molar-refractivity contribution in [3.63, 3.8) is 0 Å². The van der Waals surface area contributed by atoms with Gasteiger partial charge in [-0.3, -0.25) is 5.32 Å². The monoisotopic (exact) mass is 352 g/mol. The van der Waals surface area contributed by atoms with Crippen LogP contribution in [0.25, 0.3) is 10.8 Å². The molecule has 1 N–H and O–H groups in total. The second-order valence-corrected chi connectivity index (χ2v) is 7.29. The zero-order chi connectivity index (χ0) is 16.2. The van der Waals surface area contributed by atoms with Crippen LogP contribution in [0, 0.1) is 0 Å². The molecule has 0 aliphatic rings. The van der Waals surface area contributed by atoms with Crippen molar-refractivity contribution in [1.29, 1.82) is 0 Å². The Hall–Kier alpha value is -2.21. The Morgan fingerprint density at radius 1 is 0.958 bits per heavy atom. The minimum atomic E-state index is 0.160. The number of benzene rings is 1. The fourth-order valence-electron chi connectivity index (χ4n) is 2.59. The van der Waals surface area contributed by atoms with E-state index in [4.69, 9.17) is 4.42 Å². The first-order valence-corrected chi connectivity index (χ1v) is 9.46. The first-order valence-electron chi connectivity index (χ1n) is 7.70. The van der Waals surface area contributed by atoms with E-state index in [1.165, 1.54) is 10.4 Å². The largest absolute Gasteiger partial charge is 0.444 e. The van der Waals surface area contributed by atoms with Gasteiger partial charge in [0.1, 0.15) is 6.26 Å². The first kappa shape index (κ1) is 15.3. The normalized spacial score (nSPS) is 12.3. The molecule has 0 unspecified atom stereocenters. The number of oxazole rings is 1. The summed E-state index contributed by atoms with van der Waals surface area (Å²) in [5.74, 6) is 0.689. The Balaban J connectivity index is 1.52. The standard InChI is InChI=1S/C19H16N2OS2/c1-2-6-14(7-3-1)18(16-8-4-10-23-16)20-12-15-13-22-19(21-15)17-9-5-11-24-17/h1-11,13,18,20H,12H2/t18-/m1/s1. The van der Waals surface area contributed by atoms with Crippen LogP contribution < -0.4 is 5.32 Å². The summed E-state index contributed by atoms with van der Waals surface area (Å²) in [5, 5.41) is 7.74. The Morgan fingerprint density at radius 2 is 1.79 bits per heavy atom. The van der Waals surface area contributed by atoms with E-state index in [1.54, 1.807) is 28.9 Å². The molecule has 4 aromatic rings. The maximum absolute atomic E-state index is 5.60. The Bertz CT molecular complexity index is 867. The maximum Gasteiger partial charge on any atom is 0.236 e. The van der Waals surface area contributed by atoms with E-state index in [-0.39, 0.29) is 6.04 Å². The van der Waals surface area contributed by atoms with E-state index in [1.807, 2.05) is 23.6 Å². The molecule has 0 aliphatic carbocycles. The van der Waals surface area contributed by atoms with Crippen LogP contribution in [0.15, 0.2) is 76.0 Å². The van der Waals surface area contributed by atoms with Crippen LogP contribution in [0.5, 0.6) is 0 Å². The number of rotatable bonds is 6. The molecule has 0 saturated carbocycles. The van der Waals surface area contributed by atoms with Crippen LogP contribution in [0.3, 0.4) is 0 Å². The molecule has 4 rings (SSSR count). The van der Waals surface area contributed by atoms with Gasteiger partial charge < -0.3 is 4.42 Å². The molecule has 3 nitrogen and oxygen atoms in total. The predicted octanol–water partition coefficient (Wildman–Crippen LogP) is 5.34. The topological polar surface area (TPSA) is 38.1 Å². The number of nitrogens with zero attached hydrogens (tertiary/aromatic N) is 1. The smallest absolute Gasteiger partial charge is 0.236 e. The van der Waals surface area contributed by atoms with Crippen LogP contribution in [0.4, 0.5) is 0 Å². The molecule has 24 heavy (non-hydrogen) atoms. The lowest BCUT2D eigenvalue weighted by Crippen LogP contribution is -2.21. The second kappa shape index (κ2) is 7.13. The van der Waals surface area contributed by atoms with Gasteiger partial charge in [-0.05, 0) is 28.5 Å². The fraction of sp³-hybridized carbons (Fsp3) is 0.105. The molecule has 0 aliphatic heterocycles. The summed E-state index contributed by atoms with van der Waals surface area (Å²) < 4.78 is 5.60. The van der Waals surface area contributed by atoms with Gasteiger partial charge in [0.05, 0.1) is 16.6 Å². The van der Waals surface area contributed by atoms with Crippen molar-refractivity contribution in [3.8, 4) is 10.8 Å². The SMILES string of the molecule is c1ccc([C@@H](NCc2coc(-c3cccs3)n2)c2cccs2)cc1. The third kappa shape index (κ3) is 3.33. The van der Waals surface area contributed by atoms with E-state index >= 15 is 0 Å². The third-order valence-corrected chi connectivity index (χ3v) is 5.53. The van der Waals surface area contributed by atoms with Crippen molar-refractivity contribution >= 4 is 22.7 Å². The van der Waals surface area contributed by atoms with Crippen LogP contribution in [0.1, 0.15) is 22.2 Å². The molecule has 1 aromatic carbocycles. The van der Waals surface area contributed by atoms with Gasteiger partial charge in [0.2, 0.25) is 5.89 Å². The summed E-state index contributed by atoms with van der Waals surface area (Å²) in [6, 6.07) is 18.9. The molecular weight excluding hydrogens is 336 g/mol. The summed E-state index contributed by atoms with van der Waals surface area (Å²) in [5.41, 5.74) is 2.16. The van der Waals surface area contributed by atoms with Gasteiger partial charge >= 0.3 is 0 Å². The predicted molar refractivity (Wildman–Crippen MR) is 99.3 cm³/mol. The molecular formula is C19H16N2OS2. The van der Waals surface area contributed by atoms with Gasteiger partial charge in [0, 0.05) is 11.4 Å². The molecule has 5 heteroatoms.